The monoisotopic (exact) mass is 252 g/mol. The molecule has 1 rings (SSSR count). The maximum absolute atomic E-state index is 11.3. The van der Waals surface area contributed by atoms with E-state index in [4.69, 9.17) is 9.47 Å². The van der Waals surface area contributed by atoms with E-state index in [1.165, 1.54) is 7.05 Å². The number of benzene rings is 1. The average Bonchev–Trinajstić information content (AvgIpc) is 2.43. The molecule has 0 atom stereocenters. The van der Waals surface area contributed by atoms with Gasteiger partial charge in [0.15, 0.2) is 0 Å². The Hall–Kier alpha value is -2.24. The maximum Gasteiger partial charge on any atom is 0.309 e. The molecule has 0 saturated heterocycles. The molecule has 2 amide bonds. The second kappa shape index (κ2) is 6.48. The molecule has 6 nitrogen and oxygen atoms in total. The Kier molecular flexibility index (Phi) is 4.98. The number of likely N-dealkylation sites (N-methyl/N-ethyl adjacent to an activating group) is 1. The molecule has 0 aliphatic carbocycles. The van der Waals surface area contributed by atoms with E-state index in [1.54, 1.807) is 32.4 Å². The highest BCUT2D eigenvalue weighted by atomic mass is 16.5. The summed E-state index contributed by atoms with van der Waals surface area (Å²) in [7, 11) is 4.49. The Morgan fingerprint density at radius 2 is 1.61 bits per heavy atom. The van der Waals surface area contributed by atoms with Gasteiger partial charge in [0.25, 0.3) is 0 Å². The van der Waals surface area contributed by atoms with Crippen molar-refractivity contribution in [1.29, 1.82) is 0 Å². The van der Waals surface area contributed by atoms with Gasteiger partial charge in [-0.15, -0.1) is 0 Å². The summed E-state index contributed by atoms with van der Waals surface area (Å²) in [5.74, 6) is -0.110. The minimum atomic E-state index is -0.681. The van der Waals surface area contributed by atoms with E-state index >= 15 is 0 Å². The van der Waals surface area contributed by atoms with Gasteiger partial charge in [-0.05, 0) is 17.7 Å². The lowest BCUT2D eigenvalue weighted by Gasteiger charge is -2.09. The number of carbonyl (C=O) groups excluding carboxylic acids is 2. The smallest absolute Gasteiger partial charge is 0.309 e. The van der Waals surface area contributed by atoms with Gasteiger partial charge in [0.1, 0.15) is 11.5 Å². The Balaban J connectivity index is 2.72. The van der Waals surface area contributed by atoms with Crippen molar-refractivity contribution in [1.82, 2.24) is 10.6 Å². The molecule has 2 N–H and O–H groups in total. The summed E-state index contributed by atoms with van der Waals surface area (Å²) in [6, 6.07) is 5.24. The van der Waals surface area contributed by atoms with Crippen LogP contribution in [0.15, 0.2) is 18.2 Å². The van der Waals surface area contributed by atoms with Crippen molar-refractivity contribution in [2.45, 2.75) is 6.54 Å². The van der Waals surface area contributed by atoms with Gasteiger partial charge in [-0.2, -0.15) is 0 Å². The van der Waals surface area contributed by atoms with Gasteiger partial charge < -0.3 is 20.1 Å². The van der Waals surface area contributed by atoms with E-state index in [0.717, 1.165) is 5.56 Å². The second-order valence-electron chi connectivity index (χ2n) is 3.48. The second-order valence-corrected chi connectivity index (χ2v) is 3.48. The number of nitrogens with one attached hydrogen (secondary N) is 2. The van der Waals surface area contributed by atoms with Gasteiger partial charge in [-0.25, -0.2) is 0 Å². The summed E-state index contributed by atoms with van der Waals surface area (Å²) >= 11 is 0. The topological polar surface area (TPSA) is 76.7 Å². The van der Waals surface area contributed by atoms with Gasteiger partial charge in [-0.1, -0.05) is 0 Å². The summed E-state index contributed by atoms with van der Waals surface area (Å²) in [6.07, 6.45) is 0. The molecule has 0 aliphatic heterocycles. The molecule has 0 aliphatic rings. The quantitative estimate of drug-likeness (QED) is 0.743. The third-order valence-electron chi connectivity index (χ3n) is 2.30. The highest BCUT2D eigenvalue weighted by molar-refractivity contribution is 6.34. The summed E-state index contributed by atoms with van der Waals surface area (Å²) in [6.45, 7) is 0.222. The number of hydrogen-bond donors (Lipinski definition) is 2. The molecule has 18 heavy (non-hydrogen) atoms. The van der Waals surface area contributed by atoms with Gasteiger partial charge in [0, 0.05) is 19.7 Å². The molecule has 0 saturated carbocycles. The number of methoxy groups -OCH3 is 2. The molecule has 6 heteroatoms. The fourth-order valence-electron chi connectivity index (χ4n) is 1.34. The molecule has 0 fully saturated rings. The number of rotatable bonds is 4. The number of carbonyl (C=O) groups is 2. The van der Waals surface area contributed by atoms with Gasteiger partial charge >= 0.3 is 11.8 Å². The van der Waals surface area contributed by atoms with Crippen molar-refractivity contribution in [3.8, 4) is 11.5 Å². The average molecular weight is 252 g/mol. The van der Waals surface area contributed by atoms with Gasteiger partial charge in [-0.3, -0.25) is 9.59 Å². The minimum absolute atomic E-state index is 0.222. The highest BCUT2D eigenvalue weighted by Gasteiger charge is 2.10. The number of amides is 2. The Morgan fingerprint density at radius 1 is 1.06 bits per heavy atom. The van der Waals surface area contributed by atoms with Crippen molar-refractivity contribution >= 4 is 11.8 Å². The maximum atomic E-state index is 11.3. The van der Waals surface area contributed by atoms with Crippen LogP contribution in [-0.2, 0) is 16.1 Å². The normalized spacial score (nSPS) is 9.50. The molecular weight excluding hydrogens is 236 g/mol. The zero-order chi connectivity index (χ0) is 13.5. The van der Waals surface area contributed by atoms with E-state index < -0.39 is 11.8 Å². The van der Waals surface area contributed by atoms with E-state index in [9.17, 15) is 9.59 Å². The van der Waals surface area contributed by atoms with E-state index in [0.29, 0.717) is 11.5 Å². The van der Waals surface area contributed by atoms with Crippen molar-refractivity contribution in [2.24, 2.45) is 0 Å². The third kappa shape index (κ3) is 3.65. The summed E-state index contributed by atoms with van der Waals surface area (Å²) in [4.78, 5) is 22.3. The molecule has 0 spiro atoms. The molecule has 0 bridgehead atoms. The van der Waals surface area contributed by atoms with Crippen molar-refractivity contribution in [3.05, 3.63) is 23.8 Å². The van der Waals surface area contributed by atoms with E-state index in [-0.39, 0.29) is 6.54 Å². The van der Waals surface area contributed by atoms with Crippen LogP contribution in [0.1, 0.15) is 5.56 Å². The van der Waals surface area contributed by atoms with Crippen LogP contribution >= 0.6 is 0 Å². The molecule has 1 aromatic rings. The van der Waals surface area contributed by atoms with Crippen LogP contribution in [-0.4, -0.2) is 33.1 Å². The van der Waals surface area contributed by atoms with E-state index in [1.807, 2.05) is 0 Å². The van der Waals surface area contributed by atoms with Crippen LogP contribution in [0.5, 0.6) is 11.5 Å². The van der Waals surface area contributed by atoms with Crippen LogP contribution in [0.25, 0.3) is 0 Å². The van der Waals surface area contributed by atoms with Crippen molar-refractivity contribution < 1.29 is 19.1 Å². The molecule has 0 heterocycles. The summed E-state index contributed by atoms with van der Waals surface area (Å²) in [5, 5.41) is 4.74. The molecule has 1 aromatic carbocycles. The third-order valence-corrected chi connectivity index (χ3v) is 2.30. The lowest BCUT2D eigenvalue weighted by atomic mass is 10.2. The standard InChI is InChI=1S/C12H16N2O4/c1-13-11(15)12(16)14-7-8-4-9(17-2)6-10(5-8)18-3/h4-6H,7H2,1-3H3,(H,13,15)(H,14,16). The first-order valence-electron chi connectivity index (χ1n) is 5.32. The fraction of sp³-hybridized carbons (Fsp3) is 0.333. The number of ether oxygens (including phenoxy) is 2. The van der Waals surface area contributed by atoms with Crippen molar-refractivity contribution in [2.75, 3.05) is 21.3 Å². The molecule has 0 unspecified atom stereocenters. The molecule has 98 valence electrons. The predicted molar refractivity (Wildman–Crippen MR) is 65.5 cm³/mol. The predicted octanol–water partition coefficient (Wildman–Crippen LogP) is 0.0660. The van der Waals surface area contributed by atoms with Gasteiger partial charge in [0.05, 0.1) is 14.2 Å². The largest absolute Gasteiger partial charge is 0.497 e. The SMILES string of the molecule is CNC(=O)C(=O)NCc1cc(OC)cc(OC)c1. The van der Waals surface area contributed by atoms with Crippen LogP contribution in [0, 0.1) is 0 Å². The first kappa shape index (κ1) is 13.8. The van der Waals surface area contributed by atoms with Crippen LogP contribution in [0.2, 0.25) is 0 Å². The summed E-state index contributed by atoms with van der Waals surface area (Å²) < 4.78 is 10.2. The van der Waals surface area contributed by atoms with Gasteiger partial charge in [0.2, 0.25) is 0 Å². The lowest BCUT2D eigenvalue weighted by Crippen LogP contribution is -2.37. The molecule has 0 radical (unpaired) electrons. The van der Waals surface area contributed by atoms with Crippen LogP contribution in [0.3, 0.4) is 0 Å². The van der Waals surface area contributed by atoms with E-state index in [2.05, 4.69) is 10.6 Å². The Labute approximate surface area is 105 Å². The lowest BCUT2D eigenvalue weighted by molar-refractivity contribution is -0.139. The summed E-state index contributed by atoms with van der Waals surface area (Å²) in [5.41, 5.74) is 0.781. The zero-order valence-electron chi connectivity index (χ0n) is 10.6. The first-order chi connectivity index (χ1) is 8.60. The number of hydrogen-bond acceptors (Lipinski definition) is 4. The molecule has 0 aromatic heterocycles. The Morgan fingerprint density at radius 3 is 2.06 bits per heavy atom. The first-order valence-corrected chi connectivity index (χ1v) is 5.32. The Bertz CT molecular complexity index is 423. The fourth-order valence-corrected chi connectivity index (χ4v) is 1.34. The van der Waals surface area contributed by atoms with Crippen molar-refractivity contribution in [3.63, 3.8) is 0 Å². The van der Waals surface area contributed by atoms with Crippen LogP contribution < -0.4 is 20.1 Å². The van der Waals surface area contributed by atoms with Crippen LogP contribution in [0.4, 0.5) is 0 Å². The zero-order valence-corrected chi connectivity index (χ0v) is 10.6. The molecular formula is C12H16N2O4. The minimum Gasteiger partial charge on any atom is -0.497 e. The highest BCUT2D eigenvalue weighted by Crippen LogP contribution is 2.22.